The van der Waals surface area contributed by atoms with Gasteiger partial charge in [-0.25, -0.2) is 0 Å². The van der Waals surface area contributed by atoms with Crippen LogP contribution < -0.4 is 4.90 Å². The molecule has 0 spiro atoms. The molecule has 1 heterocycles. The van der Waals surface area contributed by atoms with Crippen LogP contribution in [0.15, 0.2) is 18.3 Å². The van der Waals surface area contributed by atoms with Crippen LogP contribution >= 0.6 is 15.9 Å². The number of alkyl halides is 1. The Bertz CT molecular complexity index is 238. The Morgan fingerprint density at radius 1 is 1.62 bits per heavy atom. The van der Waals surface area contributed by atoms with Crippen LogP contribution in [0.2, 0.25) is 0 Å². The highest BCUT2D eigenvalue weighted by molar-refractivity contribution is 9.09. The molecule has 0 bridgehead atoms. The number of halogens is 1. The SMILES string of the molecule is CC(Br)CCN(C)c1cccnn1. The fourth-order valence-electron chi connectivity index (χ4n) is 0.983. The lowest BCUT2D eigenvalue weighted by molar-refractivity contribution is 0.770. The first-order valence-electron chi connectivity index (χ1n) is 4.33. The van der Waals surface area contributed by atoms with Crippen molar-refractivity contribution in [1.29, 1.82) is 0 Å². The molecule has 1 rings (SSSR count). The minimum atomic E-state index is 0.548. The topological polar surface area (TPSA) is 29.0 Å². The Morgan fingerprint density at radius 2 is 2.38 bits per heavy atom. The van der Waals surface area contributed by atoms with Gasteiger partial charge in [0.05, 0.1) is 0 Å². The van der Waals surface area contributed by atoms with Gasteiger partial charge < -0.3 is 4.90 Å². The first-order valence-corrected chi connectivity index (χ1v) is 5.24. The van der Waals surface area contributed by atoms with Crippen molar-refractivity contribution in [3.8, 4) is 0 Å². The second kappa shape index (κ2) is 5.17. The summed E-state index contributed by atoms with van der Waals surface area (Å²) in [6.45, 7) is 3.13. The van der Waals surface area contributed by atoms with Crippen molar-refractivity contribution >= 4 is 21.7 Å². The van der Waals surface area contributed by atoms with Gasteiger partial charge >= 0.3 is 0 Å². The van der Waals surface area contributed by atoms with Gasteiger partial charge in [0, 0.05) is 24.6 Å². The number of rotatable bonds is 4. The third kappa shape index (κ3) is 3.72. The number of nitrogens with zero attached hydrogens (tertiary/aromatic N) is 3. The van der Waals surface area contributed by atoms with Crippen molar-refractivity contribution in [3.05, 3.63) is 18.3 Å². The van der Waals surface area contributed by atoms with Crippen LogP contribution in [-0.2, 0) is 0 Å². The van der Waals surface area contributed by atoms with E-state index in [1.54, 1.807) is 6.20 Å². The van der Waals surface area contributed by atoms with E-state index in [1.165, 1.54) is 0 Å². The van der Waals surface area contributed by atoms with E-state index in [-0.39, 0.29) is 0 Å². The highest BCUT2D eigenvalue weighted by atomic mass is 79.9. The van der Waals surface area contributed by atoms with Gasteiger partial charge in [0.15, 0.2) is 5.82 Å². The van der Waals surface area contributed by atoms with Crippen LogP contribution in [0.4, 0.5) is 5.82 Å². The van der Waals surface area contributed by atoms with Gasteiger partial charge in [-0.15, -0.1) is 5.10 Å². The zero-order valence-corrected chi connectivity index (χ0v) is 9.53. The molecule has 0 aliphatic rings. The largest absolute Gasteiger partial charge is 0.358 e. The first kappa shape index (κ1) is 10.4. The van der Waals surface area contributed by atoms with Gasteiger partial charge in [0.1, 0.15) is 0 Å². The normalized spacial score (nSPS) is 12.5. The van der Waals surface area contributed by atoms with E-state index in [0.717, 1.165) is 18.8 Å². The Kier molecular flexibility index (Phi) is 4.15. The Labute approximate surface area is 87.3 Å². The lowest BCUT2D eigenvalue weighted by Crippen LogP contribution is -2.21. The highest BCUT2D eigenvalue weighted by Crippen LogP contribution is 2.09. The summed E-state index contributed by atoms with van der Waals surface area (Å²) in [6, 6.07) is 3.86. The summed E-state index contributed by atoms with van der Waals surface area (Å²) in [4.78, 5) is 2.65. The molecule has 0 aliphatic heterocycles. The van der Waals surface area contributed by atoms with Crippen LogP contribution in [0.25, 0.3) is 0 Å². The standard InChI is InChI=1S/C9H14BrN3/c1-8(10)5-7-13(2)9-4-3-6-11-12-9/h3-4,6,8H,5,7H2,1-2H3. The molecule has 0 amide bonds. The molecule has 0 radical (unpaired) electrons. The fourth-order valence-corrected chi connectivity index (χ4v) is 1.19. The van der Waals surface area contributed by atoms with Crippen LogP contribution in [0.3, 0.4) is 0 Å². The molecule has 13 heavy (non-hydrogen) atoms. The van der Waals surface area contributed by atoms with Gasteiger partial charge in [0.2, 0.25) is 0 Å². The molecule has 1 aromatic heterocycles. The van der Waals surface area contributed by atoms with Crippen molar-refractivity contribution < 1.29 is 0 Å². The molecule has 1 unspecified atom stereocenters. The highest BCUT2D eigenvalue weighted by Gasteiger charge is 2.03. The molecule has 0 saturated carbocycles. The van der Waals surface area contributed by atoms with Crippen LogP contribution in [0.1, 0.15) is 13.3 Å². The van der Waals surface area contributed by atoms with E-state index in [2.05, 4.69) is 38.0 Å². The molecule has 0 N–H and O–H groups in total. The summed E-state index contributed by atoms with van der Waals surface area (Å²) in [5.74, 6) is 0.927. The van der Waals surface area contributed by atoms with E-state index in [9.17, 15) is 0 Å². The molecule has 0 aromatic carbocycles. The molecule has 0 fully saturated rings. The summed E-state index contributed by atoms with van der Waals surface area (Å²) >= 11 is 3.51. The summed E-state index contributed by atoms with van der Waals surface area (Å²) < 4.78 is 0. The fraction of sp³-hybridized carbons (Fsp3) is 0.556. The average molecular weight is 244 g/mol. The third-order valence-corrected chi connectivity index (χ3v) is 2.27. The molecular weight excluding hydrogens is 230 g/mol. The molecular formula is C9H14BrN3. The Morgan fingerprint density at radius 3 is 2.92 bits per heavy atom. The van der Waals surface area contributed by atoms with E-state index in [4.69, 9.17) is 0 Å². The van der Waals surface area contributed by atoms with Gasteiger partial charge in [-0.2, -0.15) is 5.10 Å². The van der Waals surface area contributed by atoms with Gasteiger partial charge in [-0.1, -0.05) is 22.9 Å². The minimum Gasteiger partial charge on any atom is -0.358 e. The monoisotopic (exact) mass is 243 g/mol. The summed E-state index contributed by atoms with van der Waals surface area (Å²) in [7, 11) is 2.03. The molecule has 4 heteroatoms. The Balaban J connectivity index is 2.44. The van der Waals surface area contributed by atoms with Crippen molar-refractivity contribution in [1.82, 2.24) is 10.2 Å². The van der Waals surface area contributed by atoms with E-state index >= 15 is 0 Å². The second-order valence-corrected chi connectivity index (χ2v) is 4.64. The van der Waals surface area contributed by atoms with Crippen molar-refractivity contribution in [2.45, 2.75) is 18.2 Å². The number of aromatic nitrogens is 2. The molecule has 72 valence electrons. The van der Waals surface area contributed by atoms with Gasteiger partial charge in [-0.05, 0) is 18.6 Å². The second-order valence-electron chi connectivity index (χ2n) is 3.07. The number of hydrogen-bond donors (Lipinski definition) is 0. The van der Waals surface area contributed by atoms with Crippen molar-refractivity contribution in [3.63, 3.8) is 0 Å². The van der Waals surface area contributed by atoms with Crippen molar-refractivity contribution in [2.75, 3.05) is 18.5 Å². The maximum atomic E-state index is 4.02. The number of anilines is 1. The van der Waals surface area contributed by atoms with E-state index in [0.29, 0.717) is 4.83 Å². The lowest BCUT2D eigenvalue weighted by Gasteiger charge is -2.17. The predicted octanol–water partition coefficient (Wildman–Crippen LogP) is 2.09. The van der Waals surface area contributed by atoms with Gasteiger partial charge in [0.25, 0.3) is 0 Å². The molecule has 1 atom stereocenters. The van der Waals surface area contributed by atoms with Crippen LogP contribution in [0, 0.1) is 0 Å². The summed E-state index contributed by atoms with van der Waals surface area (Å²) in [6.07, 6.45) is 2.79. The zero-order chi connectivity index (χ0) is 9.68. The number of hydrogen-bond acceptors (Lipinski definition) is 3. The molecule has 1 aromatic rings. The summed E-state index contributed by atoms with van der Waals surface area (Å²) in [5.41, 5.74) is 0. The average Bonchev–Trinajstić information content (AvgIpc) is 2.15. The smallest absolute Gasteiger partial charge is 0.150 e. The third-order valence-electron chi connectivity index (χ3n) is 1.81. The molecule has 3 nitrogen and oxygen atoms in total. The van der Waals surface area contributed by atoms with E-state index in [1.807, 2.05) is 19.2 Å². The lowest BCUT2D eigenvalue weighted by atomic mass is 10.3. The van der Waals surface area contributed by atoms with Gasteiger partial charge in [-0.3, -0.25) is 0 Å². The van der Waals surface area contributed by atoms with Crippen LogP contribution in [-0.4, -0.2) is 28.6 Å². The van der Waals surface area contributed by atoms with Crippen molar-refractivity contribution in [2.24, 2.45) is 0 Å². The zero-order valence-electron chi connectivity index (χ0n) is 7.94. The quantitative estimate of drug-likeness (QED) is 0.759. The molecule has 0 saturated heterocycles. The molecule has 0 aliphatic carbocycles. The predicted molar refractivity (Wildman–Crippen MR) is 58.3 cm³/mol. The Hall–Kier alpha value is -0.640. The maximum absolute atomic E-state index is 4.02. The van der Waals surface area contributed by atoms with E-state index < -0.39 is 0 Å². The minimum absolute atomic E-state index is 0.548. The van der Waals surface area contributed by atoms with Crippen LogP contribution in [0.5, 0.6) is 0 Å². The maximum Gasteiger partial charge on any atom is 0.150 e. The first-order chi connectivity index (χ1) is 6.20. The summed E-state index contributed by atoms with van der Waals surface area (Å²) in [5, 5.41) is 7.85.